The van der Waals surface area contributed by atoms with Crippen LogP contribution in [0.3, 0.4) is 0 Å². The lowest BCUT2D eigenvalue weighted by Gasteiger charge is -2.34. The molecule has 144 valence electrons. The highest BCUT2D eigenvalue weighted by Crippen LogP contribution is 2.11. The maximum atomic E-state index is 12.6. The molecule has 3 heterocycles. The van der Waals surface area contributed by atoms with Crippen LogP contribution in [0.5, 0.6) is 0 Å². The number of aromatic nitrogens is 3. The van der Waals surface area contributed by atoms with Crippen LogP contribution in [0, 0.1) is 6.92 Å². The molecule has 2 aromatic rings. The van der Waals surface area contributed by atoms with Crippen molar-refractivity contribution in [3.63, 3.8) is 0 Å². The van der Waals surface area contributed by atoms with Crippen molar-refractivity contribution < 1.29 is 4.79 Å². The molecule has 2 aliphatic rings. The summed E-state index contributed by atoms with van der Waals surface area (Å²) in [6, 6.07) is 7.76. The maximum Gasteiger partial charge on any atom is 0.345 e. The molecular weight excluding hydrogens is 342 g/mol. The van der Waals surface area contributed by atoms with Gasteiger partial charge in [0, 0.05) is 51.3 Å². The van der Waals surface area contributed by atoms with Crippen LogP contribution in [0.25, 0.3) is 0 Å². The van der Waals surface area contributed by atoms with Crippen LogP contribution in [0.4, 0.5) is 0 Å². The Hall–Kier alpha value is -2.41. The Morgan fingerprint density at radius 3 is 2.44 bits per heavy atom. The van der Waals surface area contributed by atoms with Gasteiger partial charge in [-0.3, -0.25) is 14.3 Å². The molecule has 1 saturated heterocycles. The highest BCUT2D eigenvalue weighted by atomic mass is 16.2. The summed E-state index contributed by atoms with van der Waals surface area (Å²) in [6.45, 7) is 7.35. The van der Waals surface area contributed by atoms with Crippen molar-refractivity contribution in [2.45, 2.75) is 39.3 Å². The van der Waals surface area contributed by atoms with Gasteiger partial charge < -0.3 is 4.90 Å². The number of fused-ring (bicyclic) bond motifs is 1. The van der Waals surface area contributed by atoms with Gasteiger partial charge >= 0.3 is 5.69 Å². The second kappa shape index (κ2) is 7.68. The lowest BCUT2D eigenvalue weighted by molar-refractivity contribution is 0.0631. The number of hydrogen-bond acceptors (Lipinski definition) is 4. The van der Waals surface area contributed by atoms with E-state index in [9.17, 15) is 9.59 Å². The Kier molecular flexibility index (Phi) is 5.11. The number of amides is 1. The average molecular weight is 369 g/mol. The molecule has 1 aromatic carbocycles. The van der Waals surface area contributed by atoms with Crippen LogP contribution < -0.4 is 5.69 Å². The highest BCUT2D eigenvalue weighted by Gasteiger charge is 2.23. The topological polar surface area (TPSA) is 63.4 Å². The minimum absolute atomic E-state index is 0.0258. The minimum atomic E-state index is 0.0258. The second-order valence-electron chi connectivity index (χ2n) is 7.53. The zero-order chi connectivity index (χ0) is 18.8. The summed E-state index contributed by atoms with van der Waals surface area (Å²) in [7, 11) is 0. The first-order valence-corrected chi connectivity index (χ1v) is 9.86. The van der Waals surface area contributed by atoms with E-state index in [2.05, 4.69) is 10.00 Å². The summed E-state index contributed by atoms with van der Waals surface area (Å²) >= 11 is 0. The summed E-state index contributed by atoms with van der Waals surface area (Å²) in [5, 5.41) is 4.50. The van der Waals surface area contributed by atoms with Crippen LogP contribution in [0.1, 0.15) is 34.6 Å². The molecule has 2 aliphatic heterocycles. The lowest BCUT2D eigenvalue weighted by Crippen LogP contribution is -2.49. The van der Waals surface area contributed by atoms with Gasteiger partial charge in [0.15, 0.2) is 0 Å². The third-order valence-corrected chi connectivity index (χ3v) is 5.62. The van der Waals surface area contributed by atoms with Crippen LogP contribution in [0.15, 0.2) is 29.1 Å². The fraction of sp³-hybridized carbons (Fsp3) is 0.550. The Morgan fingerprint density at radius 1 is 1.00 bits per heavy atom. The number of benzene rings is 1. The monoisotopic (exact) mass is 369 g/mol. The molecule has 0 atom stereocenters. The van der Waals surface area contributed by atoms with Gasteiger partial charge in [0.25, 0.3) is 5.91 Å². The average Bonchev–Trinajstić information content (AvgIpc) is 3.03. The van der Waals surface area contributed by atoms with E-state index < -0.39 is 0 Å². The third-order valence-electron chi connectivity index (χ3n) is 5.62. The van der Waals surface area contributed by atoms with Gasteiger partial charge in [-0.25, -0.2) is 9.48 Å². The maximum absolute atomic E-state index is 12.6. The number of aryl methyl sites for hydroxylation is 2. The number of nitrogens with zero attached hydrogens (tertiary/aromatic N) is 5. The van der Waals surface area contributed by atoms with Crippen molar-refractivity contribution in [1.82, 2.24) is 24.1 Å². The van der Waals surface area contributed by atoms with Gasteiger partial charge in [-0.05, 0) is 31.9 Å². The van der Waals surface area contributed by atoms with Crippen LogP contribution in [-0.4, -0.2) is 62.8 Å². The largest absolute Gasteiger partial charge is 0.345 e. The van der Waals surface area contributed by atoms with Crippen LogP contribution in [0.2, 0.25) is 0 Å². The molecule has 0 radical (unpaired) electrons. The molecule has 0 unspecified atom stereocenters. The van der Waals surface area contributed by atoms with Crippen LogP contribution >= 0.6 is 0 Å². The van der Waals surface area contributed by atoms with E-state index in [1.54, 1.807) is 4.68 Å². The lowest BCUT2D eigenvalue weighted by atomic mass is 10.1. The third kappa shape index (κ3) is 3.83. The number of carbonyl (C=O) groups excluding carboxylic acids is 1. The summed E-state index contributed by atoms with van der Waals surface area (Å²) in [5.41, 5.74) is 1.94. The summed E-state index contributed by atoms with van der Waals surface area (Å²) in [5.74, 6) is 1.03. The molecule has 4 rings (SSSR count). The van der Waals surface area contributed by atoms with Crippen molar-refractivity contribution in [2.75, 3.05) is 32.7 Å². The molecule has 0 aliphatic carbocycles. The van der Waals surface area contributed by atoms with Crippen LogP contribution in [-0.2, 0) is 19.5 Å². The van der Waals surface area contributed by atoms with E-state index in [4.69, 9.17) is 0 Å². The second-order valence-corrected chi connectivity index (χ2v) is 7.53. The van der Waals surface area contributed by atoms with Crippen molar-refractivity contribution in [3.05, 3.63) is 51.7 Å². The Labute approximate surface area is 159 Å². The Bertz CT molecular complexity index is 859. The predicted molar refractivity (Wildman–Crippen MR) is 103 cm³/mol. The fourth-order valence-corrected chi connectivity index (χ4v) is 3.88. The van der Waals surface area contributed by atoms with Crippen molar-refractivity contribution in [1.29, 1.82) is 0 Å². The van der Waals surface area contributed by atoms with Crippen molar-refractivity contribution >= 4 is 5.91 Å². The fourth-order valence-electron chi connectivity index (χ4n) is 3.88. The van der Waals surface area contributed by atoms with Crippen molar-refractivity contribution in [2.24, 2.45) is 0 Å². The van der Waals surface area contributed by atoms with Gasteiger partial charge in [-0.2, -0.15) is 5.10 Å². The first kappa shape index (κ1) is 18.0. The summed E-state index contributed by atoms with van der Waals surface area (Å²) < 4.78 is 3.44. The summed E-state index contributed by atoms with van der Waals surface area (Å²) in [6.07, 6.45) is 3.09. The smallest absolute Gasteiger partial charge is 0.336 e. The molecule has 0 spiro atoms. The zero-order valence-corrected chi connectivity index (χ0v) is 15.9. The molecule has 0 saturated carbocycles. The number of piperazine rings is 1. The molecule has 7 nitrogen and oxygen atoms in total. The number of rotatable bonds is 4. The first-order chi connectivity index (χ1) is 13.1. The number of hydrogen-bond donors (Lipinski definition) is 0. The quantitative estimate of drug-likeness (QED) is 0.811. The van der Waals surface area contributed by atoms with Gasteiger partial charge in [-0.15, -0.1) is 0 Å². The predicted octanol–water partition coefficient (Wildman–Crippen LogP) is 1.15. The van der Waals surface area contributed by atoms with Gasteiger partial charge in [0.05, 0.1) is 6.54 Å². The SMILES string of the molecule is Cc1ccc(C(=O)N2CCN(CCn3nc4n(c3=O)CCCC4)CC2)cc1. The summed E-state index contributed by atoms with van der Waals surface area (Å²) in [4.78, 5) is 29.2. The van der Waals surface area contributed by atoms with E-state index in [-0.39, 0.29) is 11.6 Å². The Balaban J connectivity index is 1.30. The molecular formula is C20H27N5O2. The molecule has 7 heteroatoms. The molecule has 1 aromatic heterocycles. The normalized spacial score (nSPS) is 17.7. The molecule has 1 amide bonds. The zero-order valence-electron chi connectivity index (χ0n) is 15.9. The standard InChI is InChI=1S/C20H27N5O2/c1-16-5-7-17(8-6-16)19(26)23-13-10-22(11-14-23)12-15-25-20(27)24-9-3-2-4-18(24)21-25/h5-8H,2-4,9-15H2,1H3. The van der Waals surface area contributed by atoms with Gasteiger partial charge in [0.1, 0.15) is 5.82 Å². The Morgan fingerprint density at radius 2 is 1.74 bits per heavy atom. The van der Waals surface area contributed by atoms with Crippen molar-refractivity contribution in [3.8, 4) is 0 Å². The molecule has 1 fully saturated rings. The first-order valence-electron chi connectivity index (χ1n) is 9.86. The molecule has 0 N–H and O–H groups in total. The van der Waals surface area contributed by atoms with Gasteiger partial charge in [-0.1, -0.05) is 17.7 Å². The van der Waals surface area contributed by atoms with E-state index in [0.717, 1.165) is 75.5 Å². The van der Waals surface area contributed by atoms with E-state index in [1.165, 1.54) is 0 Å². The molecule has 0 bridgehead atoms. The van der Waals surface area contributed by atoms with E-state index >= 15 is 0 Å². The number of carbonyl (C=O) groups is 1. The van der Waals surface area contributed by atoms with Gasteiger partial charge in [0.2, 0.25) is 0 Å². The van der Waals surface area contributed by atoms with E-state index in [1.807, 2.05) is 40.7 Å². The molecule has 27 heavy (non-hydrogen) atoms. The minimum Gasteiger partial charge on any atom is -0.336 e. The highest BCUT2D eigenvalue weighted by molar-refractivity contribution is 5.94. The van der Waals surface area contributed by atoms with E-state index in [0.29, 0.717) is 6.54 Å².